The summed E-state index contributed by atoms with van der Waals surface area (Å²) in [5, 5.41) is 0. The van der Waals surface area contributed by atoms with Gasteiger partial charge in [-0.3, -0.25) is 0 Å². The van der Waals surface area contributed by atoms with Crippen LogP contribution in [0.2, 0.25) is 0 Å². The first-order valence-corrected chi connectivity index (χ1v) is 7.19. The molecular formula is C17H25N. The predicted molar refractivity (Wildman–Crippen MR) is 79.1 cm³/mol. The highest BCUT2D eigenvalue weighted by Crippen LogP contribution is 2.22. The molecule has 1 aliphatic carbocycles. The first-order valence-electron chi connectivity index (χ1n) is 7.19. The van der Waals surface area contributed by atoms with E-state index >= 15 is 0 Å². The third-order valence-electron chi connectivity index (χ3n) is 3.22. The quantitative estimate of drug-likeness (QED) is 0.738. The van der Waals surface area contributed by atoms with Crippen LogP contribution in [0.15, 0.2) is 24.3 Å². The second-order valence-corrected chi connectivity index (χ2v) is 4.51. The Bertz CT molecular complexity index is 374. The molecule has 1 aromatic carbocycles. The number of rotatable bonds is 1. The van der Waals surface area contributed by atoms with Crippen LogP contribution in [-0.2, 0) is 6.54 Å². The van der Waals surface area contributed by atoms with Gasteiger partial charge in [0, 0.05) is 18.0 Å². The Morgan fingerprint density at radius 2 is 1.67 bits per heavy atom. The molecule has 1 aromatic rings. The molecule has 0 heterocycles. The first-order chi connectivity index (χ1) is 8.88. The average Bonchev–Trinajstić information content (AvgIpc) is 2.49. The molecule has 0 amide bonds. The van der Waals surface area contributed by atoms with Crippen LogP contribution < -0.4 is 5.73 Å². The smallest absolute Gasteiger partial charge is 0.0245 e. The molecule has 2 rings (SSSR count). The van der Waals surface area contributed by atoms with Crippen LogP contribution in [0.4, 0.5) is 0 Å². The maximum absolute atomic E-state index is 5.55. The summed E-state index contributed by atoms with van der Waals surface area (Å²) in [6.45, 7) is 4.61. The second kappa shape index (κ2) is 8.78. The number of nitrogens with two attached hydrogens (primary N) is 1. The molecule has 0 spiro atoms. The SMILES string of the molecule is CC.NCc1ccc(C#CC2CCCCC2)cc1. The van der Waals surface area contributed by atoms with E-state index in [-0.39, 0.29) is 0 Å². The summed E-state index contributed by atoms with van der Waals surface area (Å²) in [4.78, 5) is 0. The molecule has 0 bridgehead atoms. The predicted octanol–water partition coefficient (Wildman–Crippen LogP) is 4.10. The van der Waals surface area contributed by atoms with Crippen molar-refractivity contribution >= 4 is 0 Å². The molecule has 1 aliphatic rings. The fourth-order valence-corrected chi connectivity index (χ4v) is 2.16. The molecule has 0 aliphatic heterocycles. The van der Waals surface area contributed by atoms with Crippen molar-refractivity contribution in [3.8, 4) is 11.8 Å². The van der Waals surface area contributed by atoms with E-state index in [4.69, 9.17) is 5.73 Å². The highest BCUT2D eigenvalue weighted by Gasteiger charge is 2.09. The molecule has 0 saturated heterocycles. The van der Waals surface area contributed by atoms with Gasteiger partial charge in [-0.25, -0.2) is 0 Å². The zero-order chi connectivity index (χ0) is 13.2. The normalized spacial score (nSPS) is 15.1. The Morgan fingerprint density at radius 3 is 2.22 bits per heavy atom. The standard InChI is InChI=1S/C15H19N.C2H6/c16-12-15-10-8-14(9-11-15)7-6-13-4-2-1-3-5-13;1-2/h8-11,13H,1-5,12,16H2;1-2H3. The Labute approximate surface area is 112 Å². The summed E-state index contributed by atoms with van der Waals surface area (Å²) in [7, 11) is 0. The number of hydrogen-bond donors (Lipinski definition) is 1. The summed E-state index contributed by atoms with van der Waals surface area (Å²) < 4.78 is 0. The minimum absolute atomic E-state index is 0.607. The lowest BCUT2D eigenvalue weighted by Gasteiger charge is -2.15. The van der Waals surface area contributed by atoms with Gasteiger partial charge >= 0.3 is 0 Å². The van der Waals surface area contributed by atoms with Crippen LogP contribution in [0.1, 0.15) is 57.1 Å². The van der Waals surface area contributed by atoms with Gasteiger partial charge in [0.05, 0.1) is 0 Å². The highest BCUT2D eigenvalue weighted by molar-refractivity contribution is 5.36. The second-order valence-electron chi connectivity index (χ2n) is 4.51. The van der Waals surface area contributed by atoms with E-state index in [9.17, 15) is 0 Å². The molecular weight excluding hydrogens is 218 g/mol. The Hall–Kier alpha value is -1.26. The van der Waals surface area contributed by atoms with Crippen molar-refractivity contribution in [3.05, 3.63) is 35.4 Å². The van der Waals surface area contributed by atoms with Crippen molar-refractivity contribution in [2.24, 2.45) is 11.7 Å². The van der Waals surface area contributed by atoms with Crippen LogP contribution in [0.5, 0.6) is 0 Å². The van der Waals surface area contributed by atoms with Crippen LogP contribution in [0, 0.1) is 17.8 Å². The van der Waals surface area contributed by atoms with E-state index in [2.05, 4.69) is 36.1 Å². The lowest BCUT2D eigenvalue weighted by molar-refractivity contribution is 0.430. The van der Waals surface area contributed by atoms with Gasteiger partial charge < -0.3 is 5.73 Å². The molecule has 2 N–H and O–H groups in total. The van der Waals surface area contributed by atoms with Gasteiger partial charge in [0.25, 0.3) is 0 Å². The molecule has 1 saturated carbocycles. The van der Waals surface area contributed by atoms with E-state index in [1.54, 1.807) is 0 Å². The molecule has 0 atom stereocenters. The van der Waals surface area contributed by atoms with Gasteiger partial charge in [-0.05, 0) is 30.5 Å². The Balaban J connectivity index is 0.000000771. The summed E-state index contributed by atoms with van der Waals surface area (Å²) in [6.07, 6.45) is 6.67. The van der Waals surface area contributed by atoms with Crippen LogP contribution in [-0.4, -0.2) is 0 Å². The van der Waals surface area contributed by atoms with Crippen molar-refractivity contribution < 1.29 is 0 Å². The topological polar surface area (TPSA) is 26.0 Å². The molecule has 0 unspecified atom stereocenters. The molecule has 1 heteroatoms. The number of benzene rings is 1. The van der Waals surface area contributed by atoms with Gasteiger partial charge in [0.1, 0.15) is 0 Å². The molecule has 18 heavy (non-hydrogen) atoms. The zero-order valence-corrected chi connectivity index (χ0v) is 11.7. The Kier molecular flexibility index (Phi) is 7.22. The van der Waals surface area contributed by atoms with Gasteiger partial charge in [-0.15, -0.1) is 0 Å². The maximum atomic E-state index is 5.55. The summed E-state index contributed by atoms with van der Waals surface area (Å²) in [5.41, 5.74) is 7.84. The fourth-order valence-electron chi connectivity index (χ4n) is 2.16. The molecule has 1 fully saturated rings. The van der Waals surface area contributed by atoms with E-state index in [1.807, 2.05) is 13.8 Å². The lowest BCUT2D eigenvalue weighted by Crippen LogP contribution is -2.03. The fraction of sp³-hybridized carbons (Fsp3) is 0.529. The zero-order valence-electron chi connectivity index (χ0n) is 11.7. The molecule has 0 aromatic heterocycles. The summed E-state index contributed by atoms with van der Waals surface area (Å²) in [6, 6.07) is 8.26. The summed E-state index contributed by atoms with van der Waals surface area (Å²) in [5.74, 6) is 7.30. The third kappa shape index (κ3) is 4.94. The van der Waals surface area contributed by atoms with Gasteiger partial charge in [0.15, 0.2) is 0 Å². The Morgan fingerprint density at radius 1 is 1.06 bits per heavy atom. The monoisotopic (exact) mass is 243 g/mol. The van der Waals surface area contributed by atoms with Gasteiger partial charge in [0.2, 0.25) is 0 Å². The van der Waals surface area contributed by atoms with Gasteiger partial charge in [-0.2, -0.15) is 0 Å². The minimum atomic E-state index is 0.607. The number of hydrogen-bond acceptors (Lipinski definition) is 1. The minimum Gasteiger partial charge on any atom is -0.326 e. The molecule has 0 radical (unpaired) electrons. The van der Waals surface area contributed by atoms with Crippen molar-refractivity contribution in [3.63, 3.8) is 0 Å². The van der Waals surface area contributed by atoms with E-state index in [1.165, 1.54) is 37.7 Å². The third-order valence-corrected chi connectivity index (χ3v) is 3.22. The highest BCUT2D eigenvalue weighted by atomic mass is 14.5. The van der Waals surface area contributed by atoms with Crippen molar-refractivity contribution in [1.29, 1.82) is 0 Å². The first kappa shape index (κ1) is 14.8. The van der Waals surface area contributed by atoms with E-state index < -0.39 is 0 Å². The lowest BCUT2D eigenvalue weighted by atomic mass is 9.89. The maximum Gasteiger partial charge on any atom is 0.0245 e. The van der Waals surface area contributed by atoms with E-state index in [0.29, 0.717) is 12.5 Å². The van der Waals surface area contributed by atoms with Crippen molar-refractivity contribution in [2.75, 3.05) is 0 Å². The van der Waals surface area contributed by atoms with Crippen LogP contribution >= 0.6 is 0 Å². The molecule has 98 valence electrons. The van der Waals surface area contributed by atoms with Crippen molar-refractivity contribution in [1.82, 2.24) is 0 Å². The van der Waals surface area contributed by atoms with E-state index in [0.717, 1.165) is 5.56 Å². The average molecular weight is 243 g/mol. The molecule has 1 nitrogen and oxygen atoms in total. The van der Waals surface area contributed by atoms with Gasteiger partial charge in [-0.1, -0.05) is 57.1 Å². The van der Waals surface area contributed by atoms with Crippen LogP contribution in [0.3, 0.4) is 0 Å². The van der Waals surface area contributed by atoms with Crippen molar-refractivity contribution in [2.45, 2.75) is 52.5 Å². The van der Waals surface area contributed by atoms with Crippen LogP contribution in [0.25, 0.3) is 0 Å². The largest absolute Gasteiger partial charge is 0.326 e. The summed E-state index contributed by atoms with van der Waals surface area (Å²) >= 11 is 0.